The first-order valence-corrected chi connectivity index (χ1v) is 10.7. The fourth-order valence-electron chi connectivity index (χ4n) is 4.35. The van der Waals surface area contributed by atoms with Crippen LogP contribution in [-0.4, -0.2) is 42.8 Å². The minimum Gasteiger partial charge on any atom is -0.336 e. The molecule has 32 heavy (non-hydrogen) atoms. The Kier molecular flexibility index (Phi) is 5.95. The first-order valence-electron chi connectivity index (χ1n) is 10.7. The highest BCUT2D eigenvalue weighted by atomic mass is 16.2. The van der Waals surface area contributed by atoms with Crippen LogP contribution in [0.5, 0.6) is 0 Å². The average Bonchev–Trinajstić information content (AvgIpc) is 3.16. The van der Waals surface area contributed by atoms with Gasteiger partial charge in [0.25, 0.3) is 0 Å². The summed E-state index contributed by atoms with van der Waals surface area (Å²) in [5.41, 5.74) is 3.54. The molecule has 0 spiro atoms. The van der Waals surface area contributed by atoms with Crippen LogP contribution in [0.2, 0.25) is 0 Å². The van der Waals surface area contributed by atoms with Gasteiger partial charge in [-0.25, -0.2) is 0 Å². The maximum Gasteiger partial charge on any atom is 0.243 e. The van der Waals surface area contributed by atoms with E-state index >= 15 is 0 Å². The molecule has 1 saturated heterocycles. The lowest BCUT2D eigenvalue weighted by molar-refractivity contribution is -0.137. The van der Waals surface area contributed by atoms with E-state index in [0.29, 0.717) is 6.54 Å². The van der Waals surface area contributed by atoms with Gasteiger partial charge in [0.1, 0.15) is 0 Å². The lowest BCUT2D eigenvalue weighted by Gasteiger charge is -2.22. The summed E-state index contributed by atoms with van der Waals surface area (Å²) in [7, 11) is 1.61. The molecule has 1 heterocycles. The summed E-state index contributed by atoms with van der Waals surface area (Å²) in [5, 5.41) is 4.94. The summed E-state index contributed by atoms with van der Waals surface area (Å²) in [6.07, 6.45) is 0.144. The number of nitrogens with zero attached hydrogens (tertiary/aromatic N) is 2. The van der Waals surface area contributed by atoms with Crippen LogP contribution < -0.4 is 10.2 Å². The summed E-state index contributed by atoms with van der Waals surface area (Å²) in [4.78, 5) is 41.5. The van der Waals surface area contributed by atoms with Crippen molar-refractivity contribution in [3.8, 4) is 0 Å². The highest BCUT2D eigenvalue weighted by molar-refractivity contribution is 6.07. The van der Waals surface area contributed by atoms with Gasteiger partial charge in [0.05, 0.1) is 18.2 Å². The lowest BCUT2D eigenvalue weighted by Crippen LogP contribution is -2.39. The molecular weight excluding hydrogens is 402 g/mol. The Morgan fingerprint density at radius 1 is 1.00 bits per heavy atom. The van der Waals surface area contributed by atoms with Crippen molar-refractivity contribution in [2.75, 3.05) is 30.4 Å². The second-order valence-corrected chi connectivity index (χ2v) is 8.41. The second-order valence-electron chi connectivity index (χ2n) is 8.41. The second kappa shape index (κ2) is 8.83. The van der Waals surface area contributed by atoms with Crippen LogP contribution in [0, 0.1) is 19.8 Å². The fourth-order valence-corrected chi connectivity index (χ4v) is 4.35. The summed E-state index contributed by atoms with van der Waals surface area (Å²) >= 11 is 0. The number of aryl methyl sites for hydroxylation is 2. The standard InChI is InChI=1S/C26H27N3O3/c1-17-8-6-9-18(2)25(17)27-23(30)16-28(3)26(32)20-14-24(31)29(15-20)22-13-7-11-19-10-4-5-12-21(19)22/h4-13,20H,14-16H2,1-3H3,(H,27,30)/t20-/m1/s1. The minimum atomic E-state index is -0.473. The van der Waals surface area contributed by atoms with Crippen LogP contribution in [-0.2, 0) is 14.4 Å². The Morgan fingerprint density at radius 2 is 1.66 bits per heavy atom. The van der Waals surface area contributed by atoms with Crippen molar-refractivity contribution in [2.45, 2.75) is 20.3 Å². The third kappa shape index (κ3) is 4.21. The largest absolute Gasteiger partial charge is 0.336 e. The number of likely N-dealkylation sites (N-methyl/N-ethyl adjacent to an activating group) is 1. The van der Waals surface area contributed by atoms with Gasteiger partial charge in [-0.3, -0.25) is 14.4 Å². The molecule has 3 amide bonds. The van der Waals surface area contributed by atoms with Crippen LogP contribution >= 0.6 is 0 Å². The number of amides is 3. The molecule has 6 nitrogen and oxygen atoms in total. The molecule has 1 aliphatic rings. The molecule has 164 valence electrons. The molecule has 1 atom stereocenters. The number of hydrogen-bond acceptors (Lipinski definition) is 3. The molecule has 3 aromatic carbocycles. The zero-order valence-corrected chi connectivity index (χ0v) is 18.6. The van der Waals surface area contributed by atoms with Crippen molar-refractivity contribution < 1.29 is 14.4 Å². The van der Waals surface area contributed by atoms with Crippen LogP contribution in [0.15, 0.2) is 60.7 Å². The van der Waals surface area contributed by atoms with Gasteiger partial charge >= 0.3 is 0 Å². The van der Waals surface area contributed by atoms with E-state index in [0.717, 1.165) is 33.3 Å². The summed E-state index contributed by atoms with van der Waals surface area (Å²) in [6, 6.07) is 19.5. The Morgan fingerprint density at radius 3 is 2.41 bits per heavy atom. The number of fused-ring (bicyclic) bond motifs is 1. The molecule has 0 saturated carbocycles. The number of carbonyl (C=O) groups excluding carboxylic acids is 3. The highest BCUT2D eigenvalue weighted by Crippen LogP contribution is 2.32. The molecule has 0 radical (unpaired) electrons. The number of nitrogens with one attached hydrogen (secondary N) is 1. The quantitative estimate of drug-likeness (QED) is 0.669. The predicted octanol–water partition coefficient (Wildman–Crippen LogP) is 3.91. The van der Waals surface area contributed by atoms with Crippen LogP contribution in [0.4, 0.5) is 11.4 Å². The molecular formula is C26H27N3O3. The molecule has 0 aliphatic carbocycles. The Bertz CT molecular complexity index is 1180. The first-order chi connectivity index (χ1) is 15.3. The van der Waals surface area contributed by atoms with Crippen molar-refractivity contribution in [1.82, 2.24) is 4.90 Å². The van der Waals surface area contributed by atoms with E-state index in [9.17, 15) is 14.4 Å². The third-order valence-electron chi connectivity index (χ3n) is 6.03. The van der Waals surface area contributed by atoms with Gasteiger partial charge in [0.2, 0.25) is 17.7 Å². The van der Waals surface area contributed by atoms with E-state index in [1.165, 1.54) is 4.90 Å². The maximum absolute atomic E-state index is 13.0. The SMILES string of the molecule is Cc1cccc(C)c1NC(=O)CN(C)C(=O)[C@@H]1CC(=O)N(c2cccc3ccccc23)C1. The fraction of sp³-hybridized carbons (Fsp3) is 0.269. The van der Waals surface area contributed by atoms with Crippen LogP contribution in [0.1, 0.15) is 17.5 Å². The molecule has 6 heteroatoms. The van der Waals surface area contributed by atoms with Crippen molar-refractivity contribution in [3.63, 3.8) is 0 Å². The number of benzene rings is 3. The number of rotatable bonds is 5. The number of anilines is 2. The van der Waals surface area contributed by atoms with Gasteiger partial charge in [-0.05, 0) is 36.4 Å². The van der Waals surface area contributed by atoms with Gasteiger partial charge < -0.3 is 15.1 Å². The number of para-hydroxylation sites is 1. The monoisotopic (exact) mass is 429 g/mol. The van der Waals surface area contributed by atoms with Gasteiger partial charge in [0, 0.05) is 31.1 Å². The van der Waals surface area contributed by atoms with E-state index in [1.54, 1.807) is 11.9 Å². The molecule has 3 aromatic rings. The van der Waals surface area contributed by atoms with Crippen molar-refractivity contribution in [3.05, 3.63) is 71.8 Å². The third-order valence-corrected chi connectivity index (χ3v) is 6.03. The Hall–Kier alpha value is -3.67. The average molecular weight is 430 g/mol. The molecule has 4 rings (SSSR count). The molecule has 1 fully saturated rings. The Balaban J connectivity index is 1.43. The van der Waals surface area contributed by atoms with Gasteiger partial charge in [-0.2, -0.15) is 0 Å². The van der Waals surface area contributed by atoms with Crippen molar-refractivity contribution in [1.29, 1.82) is 0 Å². The van der Waals surface area contributed by atoms with Crippen molar-refractivity contribution in [2.24, 2.45) is 5.92 Å². The minimum absolute atomic E-state index is 0.0639. The number of hydrogen-bond donors (Lipinski definition) is 1. The molecule has 1 aliphatic heterocycles. The first kappa shape index (κ1) is 21.6. The van der Waals surface area contributed by atoms with Crippen molar-refractivity contribution >= 4 is 39.9 Å². The van der Waals surface area contributed by atoms with E-state index in [1.807, 2.05) is 74.5 Å². The van der Waals surface area contributed by atoms with E-state index in [4.69, 9.17) is 0 Å². The van der Waals surface area contributed by atoms with E-state index < -0.39 is 5.92 Å². The zero-order chi connectivity index (χ0) is 22.8. The summed E-state index contributed by atoms with van der Waals surface area (Å²) in [6.45, 7) is 4.12. The zero-order valence-electron chi connectivity index (χ0n) is 18.6. The summed E-state index contributed by atoms with van der Waals surface area (Å²) in [5.74, 6) is -1.00. The topological polar surface area (TPSA) is 69.7 Å². The molecule has 0 bridgehead atoms. The molecule has 0 aromatic heterocycles. The number of carbonyl (C=O) groups is 3. The van der Waals surface area contributed by atoms with Crippen LogP contribution in [0.3, 0.4) is 0 Å². The maximum atomic E-state index is 13.0. The Labute approximate surface area is 187 Å². The summed E-state index contributed by atoms with van der Waals surface area (Å²) < 4.78 is 0. The van der Waals surface area contributed by atoms with Gasteiger partial charge in [0.15, 0.2) is 0 Å². The van der Waals surface area contributed by atoms with E-state index in [2.05, 4.69) is 5.32 Å². The predicted molar refractivity (Wildman–Crippen MR) is 127 cm³/mol. The van der Waals surface area contributed by atoms with Gasteiger partial charge in [-0.15, -0.1) is 0 Å². The molecule has 0 unspecified atom stereocenters. The van der Waals surface area contributed by atoms with E-state index in [-0.39, 0.29) is 30.7 Å². The van der Waals surface area contributed by atoms with Crippen LogP contribution in [0.25, 0.3) is 10.8 Å². The van der Waals surface area contributed by atoms with Gasteiger partial charge in [-0.1, -0.05) is 54.6 Å². The molecule has 1 N–H and O–H groups in total. The normalized spacial score (nSPS) is 15.8. The smallest absolute Gasteiger partial charge is 0.243 e. The lowest BCUT2D eigenvalue weighted by atomic mass is 10.1. The highest BCUT2D eigenvalue weighted by Gasteiger charge is 2.37.